The zero-order valence-electron chi connectivity index (χ0n) is 17.2. The minimum atomic E-state index is -4.01. The molecule has 0 saturated heterocycles. The van der Waals surface area contributed by atoms with Crippen molar-refractivity contribution in [2.45, 2.75) is 18.7 Å². The Morgan fingerprint density at radius 2 is 1.74 bits per heavy atom. The van der Waals surface area contributed by atoms with Crippen LogP contribution in [0.1, 0.15) is 12.5 Å². The zero-order chi connectivity index (χ0) is 22.4. The first-order valence-electron chi connectivity index (χ1n) is 9.68. The maximum Gasteiger partial charge on any atom is 0.264 e. The number of halogens is 1. The average molecular weight is 459 g/mol. The molecule has 0 aliphatic heterocycles. The van der Waals surface area contributed by atoms with Gasteiger partial charge in [0.2, 0.25) is 5.91 Å². The molecule has 0 unspecified atom stereocenters. The van der Waals surface area contributed by atoms with Crippen LogP contribution in [0.5, 0.6) is 5.75 Å². The van der Waals surface area contributed by atoms with Crippen LogP contribution in [0.4, 0.5) is 11.4 Å². The molecule has 1 amide bonds. The Balaban J connectivity index is 1.95. The summed E-state index contributed by atoms with van der Waals surface area (Å²) in [6.07, 6.45) is 0. The molecule has 31 heavy (non-hydrogen) atoms. The van der Waals surface area contributed by atoms with Crippen molar-refractivity contribution in [1.29, 1.82) is 0 Å². The lowest BCUT2D eigenvalue weighted by atomic mass is 10.2. The van der Waals surface area contributed by atoms with Crippen molar-refractivity contribution in [3.8, 4) is 5.75 Å². The second-order valence-electron chi connectivity index (χ2n) is 6.72. The number of hydrogen-bond donors (Lipinski definition) is 1. The van der Waals surface area contributed by atoms with E-state index in [1.54, 1.807) is 67.6 Å². The number of rotatable bonds is 8. The lowest BCUT2D eigenvalue weighted by Gasteiger charge is -2.26. The Bertz CT molecular complexity index is 1170. The molecular weight excluding hydrogens is 436 g/mol. The molecule has 0 fully saturated rings. The molecular formula is C23H23ClN2O4S. The van der Waals surface area contributed by atoms with Crippen molar-refractivity contribution in [1.82, 2.24) is 0 Å². The van der Waals surface area contributed by atoms with Gasteiger partial charge in [-0.2, -0.15) is 0 Å². The van der Waals surface area contributed by atoms with Gasteiger partial charge in [0.1, 0.15) is 12.3 Å². The average Bonchev–Trinajstić information content (AvgIpc) is 2.75. The van der Waals surface area contributed by atoms with Crippen molar-refractivity contribution in [3.63, 3.8) is 0 Å². The number of amides is 1. The molecule has 6 nitrogen and oxygen atoms in total. The predicted octanol–water partition coefficient (Wildman–Crippen LogP) is 4.88. The summed E-state index contributed by atoms with van der Waals surface area (Å²) in [5.74, 6) is 0.118. The highest BCUT2D eigenvalue weighted by molar-refractivity contribution is 7.92. The molecule has 0 atom stereocenters. The van der Waals surface area contributed by atoms with Crippen molar-refractivity contribution in [2.24, 2.45) is 0 Å². The first-order valence-corrected chi connectivity index (χ1v) is 11.5. The molecule has 3 aromatic rings. The van der Waals surface area contributed by atoms with Gasteiger partial charge in [-0.1, -0.05) is 41.9 Å². The number of carbonyl (C=O) groups is 1. The number of sulfonamides is 1. The van der Waals surface area contributed by atoms with Crippen LogP contribution in [0, 0.1) is 6.92 Å². The Morgan fingerprint density at radius 3 is 2.45 bits per heavy atom. The lowest BCUT2D eigenvalue weighted by Crippen LogP contribution is -2.38. The van der Waals surface area contributed by atoms with Crippen LogP contribution in [0.3, 0.4) is 0 Å². The zero-order valence-corrected chi connectivity index (χ0v) is 18.8. The molecule has 1 N–H and O–H groups in total. The first kappa shape index (κ1) is 22.7. The van der Waals surface area contributed by atoms with Crippen LogP contribution < -0.4 is 14.4 Å². The summed E-state index contributed by atoms with van der Waals surface area (Å²) in [6.45, 7) is 3.66. The van der Waals surface area contributed by atoms with E-state index in [1.165, 1.54) is 12.1 Å². The van der Waals surface area contributed by atoms with Gasteiger partial charge in [0.15, 0.2) is 0 Å². The van der Waals surface area contributed by atoms with E-state index in [9.17, 15) is 13.2 Å². The van der Waals surface area contributed by atoms with Crippen LogP contribution >= 0.6 is 11.6 Å². The third kappa shape index (κ3) is 5.37. The largest absolute Gasteiger partial charge is 0.494 e. The van der Waals surface area contributed by atoms with Gasteiger partial charge >= 0.3 is 0 Å². The Labute approximate surface area is 187 Å². The molecule has 3 rings (SSSR count). The summed E-state index contributed by atoms with van der Waals surface area (Å²) < 4.78 is 33.3. The summed E-state index contributed by atoms with van der Waals surface area (Å²) >= 11 is 6.23. The first-order chi connectivity index (χ1) is 14.8. The number of carbonyl (C=O) groups excluding carboxylic acids is 1. The van der Waals surface area contributed by atoms with E-state index in [-0.39, 0.29) is 4.90 Å². The van der Waals surface area contributed by atoms with E-state index in [0.29, 0.717) is 34.3 Å². The number of nitrogens with one attached hydrogen (secondary N) is 1. The highest BCUT2D eigenvalue weighted by Gasteiger charge is 2.28. The maximum absolute atomic E-state index is 13.4. The standard InChI is InChI=1S/C23H23ClN2O4S/c1-3-30-19-10-7-9-18(15-19)25-23(27)16-26(22-14-8-13-21(24)17(22)2)31(28,29)20-11-5-4-6-12-20/h4-15H,3,16H2,1-2H3,(H,25,27). The summed E-state index contributed by atoms with van der Waals surface area (Å²) in [6, 6.07) is 19.9. The molecule has 0 aliphatic carbocycles. The van der Waals surface area contributed by atoms with Crippen molar-refractivity contribution >= 4 is 38.9 Å². The molecule has 0 spiro atoms. The third-order valence-electron chi connectivity index (χ3n) is 4.56. The molecule has 162 valence electrons. The lowest BCUT2D eigenvalue weighted by molar-refractivity contribution is -0.114. The Hall–Kier alpha value is -3.03. The van der Waals surface area contributed by atoms with Gasteiger partial charge in [-0.15, -0.1) is 0 Å². The van der Waals surface area contributed by atoms with E-state index in [4.69, 9.17) is 16.3 Å². The number of ether oxygens (including phenoxy) is 1. The van der Waals surface area contributed by atoms with Gasteiger partial charge in [0, 0.05) is 16.8 Å². The molecule has 3 aromatic carbocycles. The smallest absolute Gasteiger partial charge is 0.264 e. The molecule has 0 bridgehead atoms. The number of anilines is 2. The van der Waals surface area contributed by atoms with E-state index in [2.05, 4.69) is 5.32 Å². The SMILES string of the molecule is CCOc1cccc(NC(=O)CN(c2cccc(Cl)c2C)S(=O)(=O)c2ccccc2)c1. The van der Waals surface area contributed by atoms with Gasteiger partial charge < -0.3 is 10.1 Å². The van der Waals surface area contributed by atoms with Crippen molar-refractivity contribution in [3.05, 3.63) is 83.4 Å². The van der Waals surface area contributed by atoms with Gasteiger partial charge in [0.05, 0.1) is 17.2 Å². The molecule has 0 radical (unpaired) electrons. The highest BCUT2D eigenvalue weighted by Crippen LogP contribution is 2.31. The maximum atomic E-state index is 13.4. The fourth-order valence-corrected chi connectivity index (χ4v) is 4.72. The quantitative estimate of drug-likeness (QED) is 0.522. The van der Waals surface area contributed by atoms with Gasteiger partial charge in [0.25, 0.3) is 10.0 Å². The summed E-state index contributed by atoms with van der Waals surface area (Å²) in [4.78, 5) is 12.9. The minimum absolute atomic E-state index is 0.0838. The van der Waals surface area contributed by atoms with E-state index < -0.39 is 22.5 Å². The van der Waals surface area contributed by atoms with Crippen molar-refractivity contribution in [2.75, 3.05) is 22.8 Å². The molecule has 8 heteroatoms. The number of hydrogen-bond acceptors (Lipinski definition) is 4. The monoisotopic (exact) mass is 458 g/mol. The second kappa shape index (κ2) is 9.85. The topological polar surface area (TPSA) is 75.7 Å². The van der Waals surface area contributed by atoms with Gasteiger partial charge in [-0.3, -0.25) is 9.10 Å². The van der Waals surface area contributed by atoms with E-state index >= 15 is 0 Å². The van der Waals surface area contributed by atoms with Crippen LogP contribution in [0.25, 0.3) is 0 Å². The third-order valence-corrected chi connectivity index (χ3v) is 6.74. The Morgan fingerprint density at radius 1 is 1.03 bits per heavy atom. The van der Waals surface area contributed by atoms with Gasteiger partial charge in [-0.05, 0) is 55.8 Å². The summed E-state index contributed by atoms with van der Waals surface area (Å²) in [7, 11) is -4.01. The van der Waals surface area contributed by atoms with Crippen LogP contribution in [0.2, 0.25) is 5.02 Å². The normalized spacial score (nSPS) is 11.1. The molecule has 0 aliphatic rings. The second-order valence-corrected chi connectivity index (χ2v) is 8.99. The predicted molar refractivity (Wildman–Crippen MR) is 123 cm³/mol. The van der Waals surface area contributed by atoms with E-state index in [1.807, 2.05) is 6.92 Å². The number of benzene rings is 3. The van der Waals surface area contributed by atoms with Crippen LogP contribution in [-0.4, -0.2) is 27.5 Å². The molecule has 0 saturated carbocycles. The summed E-state index contributed by atoms with van der Waals surface area (Å²) in [5.41, 5.74) is 1.42. The fraction of sp³-hybridized carbons (Fsp3) is 0.174. The Kier molecular flexibility index (Phi) is 7.20. The highest BCUT2D eigenvalue weighted by atomic mass is 35.5. The van der Waals surface area contributed by atoms with E-state index in [0.717, 1.165) is 4.31 Å². The van der Waals surface area contributed by atoms with Crippen LogP contribution in [0.15, 0.2) is 77.7 Å². The fourth-order valence-electron chi connectivity index (χ4n) is 3.05. The molecule has 0 aromatic heterocycles. The summed E-state index contributed by atoms with van der Waals surface area (Å²) in [5, 5.41) is 3.15. The minimum Gasteiger partial charge on any atom is -0.494 e. The van der Waals surface area contributed by atoms with Gasteiger partial charge in [-0.25, -0.2) is 8.42 Å². The van der Waals surface area contributed by atoms with Crippen LogP contribution in [-0.2, 0) is 14.8 Å². The van der Waals surface area contributed by atoms with Crippen molar-refractivity contribution < 1.29 is 17.9 Å². The molecule has 0 heterocycles. The number of nitrogens with zero attached hydrogens (tertiary/aromatic N) is 1.